The number of anilines is 4. The van der Waals surface area contributed by atoms with Gasteiger partial charge in [0.1, 0.15) is 12.0 Å². The van der Waals surface area contributed by atoms with E-state index in [1.807, 2.05) is 12.3 Å². The van der Waals surface area contributed by atoms with Crippen LogP contribution >= 0.6 is 11.3 Å². The van der Waals surface area contributed by atoms with Crippen LogP contribution in [0.25, 0.3) is 0 Å². The molecule has 3 rings (SSSR count). The van der Waals surface area contributed by atoms with E-state index in [4.69, 9.17) is 10.5 Å². The van der Waals surface area contributed by atoms with E-state index in [0.29, 0.717) is 37.0 Å². The van der Waals surface area contributed by atoms with Crippen LogP contribution in [0.15, 0.2) is 17.9 Å². The molecule has 1 fully saturated rings. The molecule has 0 aromatic carbocycles. The van der Waals surface area contributed by atoms with Gasteiger partial charge >= 0.3 is 5.97 Å². The fourth-order valence-corrected chi connectivity index (χ4v) is 3.24. The summed E-state index contributed by atoms with van der Waals surface area (Å²) in [5.74, 6) is 1.07. The molecule has 1 aliphatic heterocycles. The highest BCUT2D eigenvalue weighted by molar-refractivity contribution is 7.13. The van der Waals surface area contributed by atoms with Crippen molar-refractivity contribution < 1.29 is 9.53 Å². The maximum Gasteiger partial charge on any atom is 0.309 e. The Bertz CT molecular complexity index is 685. The summed E-state index contributed by atoms with van der Waals surface area (Å²) < 4.78 is 5.10. The molecule has 0 unspecified atom stereocenters. The zero-order chi connectivity index (χ0) is 16.9. The second kappa shape index (κ2) is 7.43. The number of nitrogens with one attached hydrogen (secondary N) is 1. The Morgan fingerprint density at radius 2 is 2.21 bits per heavy atom. The fraction of sp³-hybridized carbons (Fsp3) is 0.467. The molecule has 3 heterocycles. The summed E-state index contributed by atoms with van der Waals surface area (Å²) in [6.07, 6.45) is 4.67. The van der Waals surface area contributed by atoms with Crippen LogP contribution in [-0.4, -0.2) is 40.6 Å². The van der Waals surface area contributed by atoms with Gasteiger partial charge < -0.3 is 20.7 Å². The molecule has 0 bridgehead atoms. The number of ether oxygens (including phenoxy) is 1. The van der Waals surface area contributed by atoms with Gasteiger partial charge in [-0.1, -0.05) is 0 Å². The van der Waals surface area contributed by atoms with Gasteiger partial charge in [-0.05, 0) is 19.8 Å². The first-order valence-corrected chi connectivity index (χ1v) is 8.75. The van der Waals surface area contributed by atoms with Crippen LogP contribution in [0.4, 0.5) is 22.5 Å². The summed E-state index contributed by atoms with van der Waals surface area (Å²) in [4.78, 5) is 26.6. The minimum absolute atomic E-state index is 0.0443. The number of piperidine rings is 1. The van der Waals surface area contributed by atoms with E-state index in [1.165, 1.54) is 17.7 Å². The summed E-state index contributed by atoms with van der Waals surface area (Å²) in [5, 5.41) is 5.71. The molecule has 8 nitrogen and oxygen atoms in total. The molecule has 128 valence electrons. The molecule has 0 aliphatic carbocycles. The number of carbonyl (C=O) groups is 1. The van der Waals surface area contributed by atoms with Gasteiger partial charge in [-0.3, -0.25) is 4.79 Å². The van der Waals surface area contributed by atoms with Crippen LogP contribution in [0.3, 0.4) is 0 Å². The summed E-state index contributed by atoms with van der Waals surface area (Å²) in [6.45, 7) is 3.66. The monoisotopic (exact) mass is 348 g/mol. The number of nitrogens with zero attached hydrogens (tertiary/aromatic N) is 4. The van der Waals surface area contributed by atoms with Gasteiger partial charge in [-0.2, -0.15) is 0 Å². The van der Waals surface area contributed by atoms with Crippen LogP contribution in [0.5, 0.6) is 0 Å². The van der Waals surface area contributed by atoms with Crippen molar-refractivity contribution in [3.8, 4) is 0 Å². The van der Waals surface area contributed by atoms with Gasteiger partial charge in [0.15, 0.2) is 16.8 Å². The van der Waals surface area contributed by atoms with Crippen LogP contribution in [-0.2, 0) is 9.53 Å². The maximum absolute atomic E-state index is 11.8. The second-order valence-electron chi connectivity index (χ2n) is 5.44. The fourth-order valence-electron chi connectivity index (χ4n) is 2.71. The average Bonchev–Trinajstić information content (AvgIpc) is 3.10. The Labute approximate surface area is 144 Å². The number of rotatable bonds is 5. The highest BCUT2D eigenvalue weighted by Gasteiger charge is 2.27. The number of carbonyl (C=O) groups excluding carboxylic acids is 1. The van der Waals surface area contributed by atoms with E-state index in [0.717, 1.165) is 18.0 Å². The highest BCUT2D eigenvalue weighted by atomic mass is 32.1. The van der Waals surface area contributed by atoms with Gasteiger partial charge in [-0.15, -0.1) is 11.3 Å². The van der Waals surface area contributed by atoms with Crippen molar-refractivity contribution in [3.05, 3.63) is 17.9 Å². The van der Waals surface area contributed by atoms with Crippen molar-refractivity contribution in [2.24, 2.45) is 5.92 Å². The summed E-state index contributed by atoms with van der Waals surface area (Å²) in [6, 6.07) is 0. The molecular formula is C15H20N6O2S. The van der Waals surface area contributed by atoms with E-state index < -0.39 is 0 Å². The molecule has 24 heavy (non-hydrogen) atoms. The third kappa shape index (κ3) is 3.56. The lowest BCUT2D eigenvalue weighted by Gasteiger charge is -2.32. The van der Waals surface area contributed by atoms with Crippen molar-refractivity contribution in [3.63, 3.8) is 0 Å². The number of hydrogen-bond donors (Lipinski definition) is 2. The van der Waals surface area contributed by atoms with Gasteiger partial charge in [-0.25, -0.2) is 15.0 Å². The molecule has 2 aromatic heterocycles. The highest BCUT2D eigenvalue weighted by Crippen LogP contribution is 2.31. The van der Waals surface area contributed by atoms with E-state index in [-0.39, 0.29) is 11.9 Å². The van der Waals surface area contributed by atoms with E-state index >= 15 is 0 Å². The van der Waals surface area contributed by atoms with Crippen LogP contribution in [0.1, 0.15) is 19.8 Å². The number of aromatic nitrogens is 3. The molecule has 9 heteroatoms. The third-order valence-electron chi connectivity index (χ3n) is 3.93. The first kappa shape index (κ1) is 16.4. The SMILES string of the molecule is CCOC(=O)C1CCN(c2ncnc(Nc3nccs3)c2N)CC1. The predicted octanol–water partition coefficient (Wildman–Crippen LogP) is 2.04. The van der Waals surface area contributed by atoms with Gasteiger partial charge in [0, 0.05) is 24.7 Å². The lowest BCUT2D eigenvalue weighted by molar-refractivity contribution is -0.148. The molecule has 0 atom stereocenters. The smallest absolute Gasteiger partial charge is 0.309 e. The molecule has 1 saturated heterocycles. The largest absolute Gasteiger partial charge is 0.466 e. The lowest BCUT2D eigenvalue weighted by atomic mass is 9.97. The summed E-state index contributed by atoms with van der Waals surface area (Å²) >= 11 is 1.47. The quantitative estimate of drug-likeness (QED) is 0.791. The Kier molecular flexibility index (Phi) is 5.09. The molecule has 0 amide bonds. The number of hydrogen-bond acceptors (Lipinski definition) is 9. The van der Waals surface area contributed by atoms with Crippen molar-refractivity contribution in [2.45, 2.75) is 19.8 Å². The van der Waals surface area contributed by atoms with E-state index in [1.54, 1.807) is 6.20 Å². The molecule has 1 aliphatic rings. The average molecular weight is 348 g/mol. The number of nitrogen functional groups attached to an aromatic ring is 1. The van der Waals surface area contributed by atoms with Gasteiger partial charge in [0.2, 0.25) is 0 Å². The Hall–Kier alpha value is -2.42. The number of thiazole rings is 1. The zero-order valence-electron chi connectivity index (χ0n) is 13.4. The minimum Gasteiger partial charge on any atom is -0.466 e. The molecule has 2 aromatic rings. The first-order valence-electron chi connectivity index (χ1n) is 7.87. The lowest BCUT2D eigenvalue weighted by Crippen LogP contribution is -2.37. The molecule has 0 radical (unpaired) electrons. The number of nitrogens with two attached hydrogens (primary N) is 1. The Balaban J connectivity index is 1.68. The summed E-state index contributed by atoms with van der Waals surface area (Å²) in [5.41, 5.74) is 6.72. The van der Waals surface area contributed by atoms with Crippen molar-refractivity contribution in [2.75, 3.05) is 35.6 Å². The zero-order valence-corrected chi connectivity index (χ0v) is 14.3. The summed E-state index contributed by atoms with van der Waals surface area (Å²) in [7, 11) is 0. The third-order valence-corrected chi connectivity index (χ3v) is 4.62. The maximum atomic E-state index is 11.8. The topological polar surface area (TPSA) is 106 Å². The van der Waals surface area contributed by atoms with E-state index in [2.05, 4.69) is 25.2 Å². The Morgan fingerprint density at radius 1 is 1.42 bits per heavy atom. The second-order valence-corrected chi connectivity index (χ2v) is 6.33. The molecule has 0 saturated carbocycles. The van der Waals surface area contributed by atoms with Gasteiger partial charge in [0.05, 0.1) is 12.5 Å². The van der Waals surface area contributed by atoms with Gasteiger partial charge in [0.25, 0.3) is 0 Å². The van der Waals surface area contributed by atoms with Crippen molar-refractivity contribution in [1.29, 1.82) is 0 Å². The first-order chi connectivity index (χ1) is 11.7. The molecular weight excluding hydrogens is 328 g/mol. The van der Waals surface area contributed by atoms with Crippen LogP contribution in [0, 0.1) is 5.92 Å². The predicted molar refractivity (Wildman–Crippen MR) is 93.4 cm³/mol. The minimum atomic E-state index is -0.112. The van der Waals surface area contributed by atoms with Crippen LogP contribution in [0.2, 0.25) is 0 Å². The molecule has 3 N–H and O–H groups in total. The molecule has 0 spiro atoms. The van der Waals surface area contributed by atoms with E-state index in [9.17, 15) is 4.79 Å². The normalized spacial score (nSPS) is 15.3. The van der Waals surface area contributed by atoms with Crippen molar-refractivity contribution in [1.82, 2.24) is 15.0 Å². The Morgan fingerprint density at radius 3 is 2.88 bits per heavy atom. The van der Waals surface area contributed by atoms with Crippen molar-refractivity contribution >= 4 is 39.8 Å². The van der Waals surface area contributed by atoms with Crippen LogP contribution < -0.4 is 16.0 Å². The standard InChI is InChI=1S/C15H20N6O2S/c1-2-23-14(22)10-3-6-21(7-4-10)13-11(16)12(18-9-19-13)20-15-17-5-8-24-15/h5,8-10H,2-4,6-7,16H2,1H3,(H,17,18,19,20). The number of esters is 1.